The van der Waals surface area contributed by atoms with Crippen molar-refractivity contribution in [2.45, 2.75) is 30.7 Å². The first kappa shape index (κ1) is 13.9. The van der Waals surface area contributed by atoms with E-state index in [2.05, 4.69) is 10.6 Å². The Morgan fingerprint density at radius 2 is 2.26 bits per heavy atom. The molecule has 1 fully saturated rings. The molecule has 5 heteroatoms. The van der Waals surface area contributed by atoms with Crippen molar-refractivity contribution in [3.05, 3.63) is 29.3 Å². The summed E-state index contributed by atoms with van der Waals surface area (Å²) in [6.45, 7) is 2.45. The molecule has 1 aliphatic heterocycles. The molecule has 0 spiro atoms. The lowest BCUT2D eigenvalue weighted by Crippen LogP contribution is -2.47. The number of amides is 2. The predicted molar refractivity (Wildman–Crippen MR) is 76.5 cm³/mol. The molecule has 4 nitrogen and oxygen atoms in total. The van der Waals surface area contributed by atoms with Gasteiger partial charge in [0.05, 0.1) is 0 Å². The van der Waals surface area contributed by atoms with Gasteiger partial charge in [-0.15, -0.1) is 11.8 Å². The van der Waals surface area contributed by atoms with Gasteiger partial charge in [0.2, 0.25) is 5.91 Å². The van der Waals surface area contributed by atoms with Crippen molar-refractivity contribution in [2.24, 2.45) is 0 Å². The molecule has 2 rings (SSSR count). The lowest BCUT2D eigenvalue weighted by molar-refractivity contribution is -0.122. The van der Waals surface area contributed by atoms with Crippen LogP contribution in [0.2, 0.25) is 0 Å². The van der Waals surface area contributed by atoms with Crippen LogP contribution in [0.3, 0.4) is 0 Å². The van der Waals surface area contributed by atoms with Gasteiger partial charge in [0.1, 0.15) is 0 Å². The van der Waals surface area contributed by atoms with Crippen LogP contribution in [-0.2, 0) is 4.79 Å². The number of carbonyl (C=O) groups excluding carboxylic acids is 2. The van der Waals surface area contributed by atoms with Gasteiger partial charge < -0.3 is 10.6 Å². The van der Waals surface area contributed by atoms with Crippen molar-refractivity contribution in [1.29, 1.82) is 0 Å². The number of nitrogens with one attached hydrogen (secondary N) is 2. The molecule has 0 saturated carbocycles. The smallest absolute Gasteiger partial charge is 0.251 e. The van der Waals surface area contributed by atoms with Crippen LogP contribution in [0.15, 0.2) is 23.1 Å². The van der Waals surface area contributed by atoms with Crippen molar-refractivity contribution in [1.82, 2.24) is 10.6 Å². The van der Waals surface area contributed by atoms with Crippen molar-refractivity contribution in [3.8, 4) is 0 Å². The summed E-state index contributed by atoms with van der Waals surface area (Å²) in [4.78, 5) is 24.4. The number of thioether (sulfide) groups is 1. The molecule has 1 saturated heterocycles. The summed E-state index contributed by atoms with van der Waals surface area (Å²) in [6.07, 6.45) is 3.18. The normalized spacial score (nSPS) is 18.8. The van der Waals surface area contributed by atoms with Crippen LogP contribution < -0.4 is 10.6 Å². The van der Waals surface area contributed by atoms with E-state index in [-0.39, 0.29) is 17.9 Å². The van der Waals surface area contributed by atoms with Gasteiger partial charge in [-0.25, -0.2) is 0 Å². The number of hydrogen-bond donors (Lipinski definition) is 2. The van der Waals surface area contributed by atoms with Crippen molar-refractivity contribution in [3.63, 3.8) is 0 Å². The van der Waals surface area contributed by atoms with Gasteiger partial charge in [-0.05, 0) is 37.3 Å². The number of hydrogen-bond acceptors (Lipinski definition) is 3. The van der Waals surface area contributed by atoms with Crippen molar-refractivity contribution >= 4 is 23.6 Å². The number of benzene rings is 1. The van der Waals surface area contributed by atoms with E-state index in [1.807, 2.05) is 31.4 Å². The summed E-state index contributed by atoms with van der Waals surface area (Å²) < 4.78 is 0. The van der Waals surface area contributed by atoms with E-state index in [1.165, 1.54) is 0 Å². The lowest BCUT2D eigenvalue weighted by Gasteiger charge is -2.23. The van der Waals surface area contributed by atoms with Crippen LogP contribution in [0.4, 0.5) is 0 Å². The fraction of sp³-hybridized carbons (Fsp3) is 0.429. The Morgan fingerprint density at radius 1 is 1.47 bits per heavy atom. The van der Waals surface area contributed by atoms with Gasteiger partial charge >= 0.3 is 0 Å². The second-order valence-corrected chi connectivity index (χ2v) is 5.57. The van der Waals surface area contributed by atoms with Gasteiger partial charge in [0.15, 0.2) is 0 Å². The molecule has 1 aromatic carbocycles. The van der Waals surface area contributed by atoms with E-state index in [4.69, 9.17) is 0 Å². The molecule has 0 aromatic heterocycles. The summed E-state index contributed by atoms with van der Waals surface area (Å²) >= 11 is 1.62. The number of rotatable bonds is 3. The molecule has 1 heterocycles. The molecule has 0 aliphatic carbocycles. The van der Waals surface area contributed by atoms with Crippen molar-refractivity contribution < 1.29 is 9.59 Å². The van der Waals surface area contributed by atoms with E-state index in [1.54, 1.807) is 11.8 Å². The highest BCUT2D eigenvalue weighted by Gasteiger charge is 2.20. The van der Waals surface area contributed by atoms with Gasteiger partial charge in [0.25, 0.3) is 5.91 Å². The Hall–Kier alpha value is -1.49. The fourth-order valence-electron chi connectivity index (χ4n) is 2.09. The monoisotopic (exact) mass is 278 g/mol. The zero-order valence-corrected chi connectivity index (χ0v) is 12.0. The molecular formula is C14H18N2O2S. The molecule has 2 N–H and O–H groups in total. The second kappa shape index (κ2) is 6.10. The number of piperidine rings is 1. The van der Waals surface area contributed by atoms with Gasteiger partial charge in [0, 0.05) is 29.5 Å². The number of aryl methyl sites for hydroxylation is 1. The maximum Gasteiger partial charge on any atom is 0.251 e. The van der Waals surface area contributed by atoms with Crippen LogP contribution in [0.1, 0.15) is 28.8 Å². The third-order valence-corrected chi connectivity index (χ3v) is 4.02. The number of carbonyl (C=O) groups is 2. The maximum absolute atomic E-state index is 12.3. The third kappa shape index (κ3) is 3.50. The molecule has 0 radical (unpaired) electrons. The largest absolute Gasteiger partial charge is 0.354 e. The van der Waals surface area contributed by atoms with Crippen molar-refractivity contribution in [2.75, 3.05) is 12.8 Å². The van der Waals surface area contributed by atoms with Crippen LogP contribution >= 0.6 is 11.8 Å². The molecule has 1 aliphatic rings. The quantitative estimate of drug-likeness (QED) is 0.828. The highest BCUT2D eigenvalue weighted by Crippen LogP contribution is 2.19. The predicted octanol–water partition coefficient (Wildman–Crippen LogP) is 1.73. The Bertz CT molecular complexity index is 492. The first-order valence-corrected chi connectivity index (χ1v) is 7.55. The average molecular weight is 278 g/mol. The van der Waals surface area contributed by atoms with Crippen LogP contribution in [0.5, 0.6) is 0 Å². The molecular weight excluding hydrogens is 260 g/mol. The van der Waals surface area contributed by atoms with Crippen LogP contribution in [-0.4, -0.2) is 30.7 Å². The van der Waals surface area contributed by atoms with E-state index < -0.39 is 0 Å². The fourth-order valence-corrected chi connectivity index (χ4v) is 2.53. The Morgan fingerprint density at radius 3 is 2.89 bits per heavy atom. The first-order chi connectivity index (χ1) is 9.10. The topological polar surface area (TPSA) is 58.2 Å². The molecule has 0 bridgehead atoms. The maximum atomic E-state index is 12.3. The minimum atomic E-state index is -0.0606. The van der Waals surface area contributed by atoms with E-state index >= 15 is 0 Å². The van der Waals surface area contributed by atoms with Gasteiger partial charge in [-0.1, -0.05) is 6.07 Å². The summed E-state index contributed by atoms with van der Waals surface area (Å²) in [5.74, 6) is 0.000564. The van der Waals surface area contributed by atoms with Crippen LogP contribution in [0, 0.1) is 6.92 Å². The molecule has 19 heavy (non-hydrogen) atoms. The summed E-state index contributed by atoms with van der Waals surface area (Å²) in [7, 11) is 0. The SMILES string of the molecule is CSc1ccc(C)c(C(=O)NC2CCC(=O)NC2)c1. The van der Waals surface area contributed by atoms with E-state index in [0.29, 0.717) is 24.9 Å². The Kier molecular flexibility index (Phi) is 4.47. The van der Waals surface area contributed by atoms with E-state index in [9.17, 15) is 9.59 Å². The summed E-state index contributed by atoms with van der Waals surface area (Å²) in [5.41, 5.74) is 1.68. The summed E-state index contributed by atoms with van der Waals surface area (Å²) in [6, 6.07) is 5.92. The standard InChI is InChI=1S/C14H18N2O2S/c1-9-3-5-11(19-2)7-12(9)14(18)16-10-4-6-13(17)15-8-10/h3,5,7,10H,4,6,8H2,1-2H3,(H,15,17)(H,16,18). The highest BCUT2D eigenvalue weighted by molar-refractivity contribution is 7.98. The molecule has 102 valence electrons. The van der Waals surface area contributed by atoms with E-state index in [0.717, 1.165) is 10.5 Å². The third-order valence-electron chi connectivity index (χ3n) is 3.29. The Balaban J connectivity index is 2.05. The van der Waals surface area contributed by atoms with Gasteiger partial charge in [-0.2, -0.15) is 0 Å². The Labute approximate surface area is 117 Å². The lowest BCUT2D eigenvalue weighted by atomic mass is 10.0. The molecule has 1 atom stereocenters. The minimum absolute atomic E-state index is 0.0301. The van der Waals surface area contributed by atoms with Crippen LogP contribution in [0.25, 0.3) is 0 Å². The average Bonchev–Trinajstić information content (AvgIpc) is 2.42. The zero-order valence-electron chi connectivity index (χ0n) is 11.2. The van der Waals surface area contributed by atoms with Gasteiger partial charge in [-0.3, -0.25) is 9.59 Å². The molecule has 1 unspecified atom stereocenters. The summed E-state index contributed by atoms with van der Waals surface area (Å²) in [5, 5.41) is 5.75. The minimum Gasteiger partial charge on any atom is -0.354 e. The molecule has 1 aromatic rings. The zero-order chi connectivity index (χ0) is 13.8. The second-order valence-electron chi connectivity index (χ2n) is 4.69. The highest BCUT2D eigenvalue weighted by atomic mass is 32.2. The first-order valence-electron chi connectivity index (χ1n) is 6.32. The molecule has 2 amide bonds.